The number of allylic oxidation sites excluding steroid dienone is 2. The van der Waals surface area contributed by atoms with Crippen LogP contribution in [0.5, 0.6) is 0 Å². The number of ketones is 1. The first-order valence-corrected chi connectivity index (χ1v) is 14.1. The van der Waals surface area contributed by atoms with E-state index in [1.165, 1.54) is 44.9 Å². The van der Waals surface area contributed by atoms with Crippen molar-refractivity contribution in [2.24, 2.45) is 50.7 Å². The van der Waals surface area contributed by atoms with E-state index in [9.17, 15) is 4.79 Å². The third-order valence-corrected chi connectivity index (χ3v) is 12.9. The summed E-state index contributed by atoms with van der Waals surface area (Å²) in [4.78, 5) is 12.9. The molecule has 0 bridgehead atoms. The van der Waals surface area contributed by atoms with Crippen LogP contribution in [0.15, 0.2) is 11.6 Å². The molecular formula is C31H50O2. The highest BCUT2D eigenvalue weighted by molar-refractivity contribution is 5.85. The molecule has 5 rings (SSSR count). The van der Waals surface area contributed by atoms with Crippen LogP contribution in [0, 0.1) is 50.7 Å². The second-order valence-electron chi connectivity index (χ2n) is 14.9. The fourth-order valence-electron chi connectivity index (χ4n) is 11.2. The highest BCUT2D eigenvalue weighted by Gasteiger charge is 2.63. The van der Waals surface area contributed by atoms with Crippen molar-refractivity contribution in [2.75, 3.05) is 7.11 Å². The Hall–Kier alpha value is -0.630. The lowest BCUT2D eigenvalue weighted by atomic mass is 9.42. The van der Waals surface area contributed by atoms with Crippen molar-refractivity contribution in [3.05, 3.63) is 11.6 Å². The highest BCUT2D eigenvalue weighted by atomic mass is 16.5. The number of carbonyl (C=O) groups excluding carboxylic acids is 1. The minimum Gasteiger partial charge on any atom is -0.381 e. The molecule has 0 aromatic carbocycles. The van der Waals surface area contributed by atoms with Crippen molar-refractivity contribution in [1.29, 1.82) is 0 Å². The van der Waals surface area contributed by atoms with Crippen LogP contribution in [0.25, 0.3) is 0 Å². The number of rotatable bonds is 1. The first-order chi connectivity index (χ1) is 15.3. The normalized spacial score (nSPS) is 50.7. The molecule has 0 spiro atoms. The standard InChI is InChI=1S/C31H50O2/c1-27(2)22-11-9-20-19-29(5)16-13-23-28(3,4)26(33-8)15-18-31(23,7)24(29)12-10-21(20)30(22,6)17-14-25(27)32/h9,21-24,26H,10-19H2,1-8H3/t21-,22-,23+,24+,26+,29-,30-,31-/m1/s1. The molecule has 0 amide bonds. The van der Waals surface area contributed by atoms with Gasteiger partial charge in [0.15, 0.2) is 0 Å². The predicted octanol–water partition coefficient (Wildman–Crippen LogP) is 8.00. The first-order valence-electron chi connectivity index (χ1n) is 14.1. The van der Waals surface area contributed by atoms with Crippen LogP contribution in [0.3, 0.4) is 0 Å². The Labute approximate surface area is 203 Å². The van der Waals surface area contributed by atoms with Gasteiger partial charge in [-0.3, -0.25) is 4.79 Å². The van der Waals surface area contributed by atoms with Gasteiger partial charge in [-0.05, 0) is 103 Å². The Kier molecular flexibility index (Phi) is 5.43. The van der Waals surface area contributed by atoms with E-state index in [1.54, 1.807) is 5.57 Å². The van der Waals surface area contributed by atoms with Gasteiger partial charge >= 0.3 is 0 Å². The van der Waals surface area contributed by atoms with E-state index in [1.807, 2.05) is 7.11 Å². The monoisotopic (exact) mass is 454 g/mol. The van der Waals surface area contributed by atoms with E-state index in [0.29, 0.717) is 40.0 Å². The van der Waals surface area contributed by atoms with Gasteiger partial charge in [0.1, 0.15) is 5.78 Å². The van der Waals surface area contributed by atoms with Crippen LogP contribution in [0.1, 0.15) is 113 Å². The fraction of sp³-hybridized carbons (Fsp3) is 0.903. The molecule has 0 radical (unpaired) electrons. The smallest absolute Gasteiger partial charge is 0.138 e. The summed E-state index contributed by atoms with van der Waals surface area (Å²) in [5.74, 6) is 3.24. The van der Waals surface area contributed by atoms with Gasteiger partial charge in [-0.2, -0.15) is 0 Å². The molecule has 186 valence electrons. The van der Waals surface area contributed by atoms with E-state index >= 15 is 0 Å². The second-order valence-corrected chi connectivity index (χ2v) is 14.9. The van der Waals surface area contributed by atoms with Crippen LogP contribution in [0.4, 0.5) is 0 Å². The van der Waals surface area contributed by atoms with Crippen molar-refractivity contribution in [1.82, 2.24) is 0 Å². The third kappa shape index (κ3) is 3.17. The van der Waals surface area contributed by atoms with Crippen LogP contribution in [-0.2, 0) is 9.53 Å². The molecule has 0 aromatic rings. The number of ether oxygens (including phenoxy) is 1. The summed E-state index contributed by atoms with van der Waals surface area (Å²) in [6, 6.07) is 0. The minimum absolute atomic E-state index is 0.169. The fourth-order valence-corrected chi connectivity index (χ4v) is 11.2. The van der Waals surface area contributed by atoms with Crippen molar-refractivity contribution < 1.29 is 9.53 Å². The SMILES string of the molecule is CO[C@H]1CC[C@]2(C)[C@@H](CC[C@]3(C)CC4=CC[C@@H]5C(C)(C)C(=O)CC[C@]5(C)[C@@H]4CC[C@@H]32)C1(C)C. The second kappa shape index (κ2) is 7.44. The Morgan fingerprint density at radius 2 is 1.55 bits per heavy atom. The topological polar surface area (TPSA) is 26.3 Å². The average molecular weight is 455 g/mol. The Morgan fingerprint density at radius 1 is 0.818 bits per heavy atom. The average Bonchev–Trinajstić information content (AvgIpc) is 2.88. The molecule has 0 heterocycles. The van der Waals surface area contributed by atoms with Crippen molar-refractivity contribution in [2.45, 2.75) is 119 Å². The molecule has 5 aliphatic carbocycles. The Bertz CT molecular complexity index is 851. The Morgan fingerprint density at radius 3 is 2.24 bits per heavy atom. The molecule has 2 heteroatoms. The molecule has 0 aromatic heterocycles. The summed E-state index contributed by atoms with van der Waals surface area (Å²) in [7, 11) is 1.93. The number of Topliss-reactive ketones (excluding diaryl/α,β-unsaturated/α-hetero) is 1. The van der Waals surface area contributed by atoms with E-state index in [0.717, 1.165) is 31.1 Å². The Balaban J connectivity index is 1.50. The molecule has 0 N–H and O–H groups in total. The maximum absolute atomic E-state index is 12.9. The van der Waals surface area contributed by atoms with Crippen LogP contribution in [-0.4, -0.2) is 19.0 Å². The van der Waals surface area contributed by atoms with Gasteiger partial charge in [0, 0.05) is 18.9 Å². The molecule has 8 atom stereocenters. The van der Waals surface area contributed by atoms with Crippen LogP contribution in [0.2, 0.25) is 0 Å². The van der Waals surface area contributed by atoms with E-state index < -0.39 is 0 Å². The highest BCUT2D eigenvalue weighted by Crippen LogP contribution is 2.70. The number of fused-ring (bicyclic) bond motifs is 6. The van der Waals surface area contributed by atoms with Gasteiger partial charge in [-0.25, -0.2) is 0 Å². The van der Waals surface area contributed by atoms with Gasteiger partial charge in [-0.15, -0.1) is 0 Å². The lowest BCUT2D eigenvalue weighted by Gasteiger charge is -2.64. The van der Waals surface area contributed by atoms with Crippen molar-refractivity contribution >= 4 is 5.78 Å². The maximum Gasteiger partial charge on any atom is 0.138 e. The van der Waals surface area contributed by atoms with Crippen LogP contribution < -0.4 is 0 Å². The van der Waals surface area contributed by atoms with E-state index in [-0.39, 0.29) is 10.8 Å². The van der Waals surface area contributed by atoms with Crippen molar-refractivity contribution in [3.8, 4) is 0 Å². The summed E-state index contributed by atoms with van der Waals surface area (Å²) in [5.41, 5.74) is 2.99. The van der Waals surface area contributed by atoms with Gasteiger partial charge in [-0.1, -0.05) is 60.1 Å². The zero-order valence-corrected chi connectivity index (χ0v) is 22.9. The van der Waals surface area contributed by atoms with Crippen molar-refractivity contribution in [3.63, 3.8) is 0 Å². The molecular weight excluding hydrogens is 404 g/mol. The lowest BCUT2D eigenvalue weighted by molar-refractivity contribution is -0.177. The zero-order chi connectivity index (χ0) is 24.0. The number of carbonyl (C=O) groups is 1. The van der Waals surface area contributed by atoms with E-state index in [4.69, 9.17) is 4.74 Å². The summed E-state index contributed by atoms with van der Waals surface area (Å²) in [6.45, 7) is 17.4. The van der Waals surface area contributed by atoms with Gasteiger partial charge in [0.05, 0.1) is 6.10 Å². The first kappa shape index (κ1) is 24.1. The molecule has 4 fully saturated rings. The summed E-state index contributed by atoms with van der Waals surface area (Å²) >= 11 is 0. The number of hydrogen-bond acceptors (Lipinski definition) is 2. The molecule has 4 saturated carbocycles. The molecule has 0 aliphatic heterocycles. The van der Waals surface area contributed by atoms with E-state index in [2.05, 4.69) is 54.5 Å². The minimum atomic E-state index is -0.169. The van der Waals surface area contributed by atoms with Gasteiger partial charge < -0.3 is 4.74 Å². The van der Waals surface area contributed by atoms with Gasteiger partial charge in [0.25, 0.3) is 0 Å². The number of methoxy groups -OCH3 is 1. The zero-order valence-electron chi connectivity index (χ0n) is 22.9. The predicted molar refractivity (Wildman–Crippen MR) is 136 cm³/mol. The molecule has 5 aliphatic rings. The summed E-state index contributed by atoms with van der Waals surface area (Å²) < 4.78 is 6.03. The third-order valence-electron chi connectivity index (χ3n) is 12.9. The molecule has 0 unspecified atom stereocenters. The summed E-state index contributed by atoms with van der Waals surface area (Å²) in [6.07, 6.45) is 15.3. The molecule has 0 saturated heterocycles. The molecule has 33 heavy (non-hydrogen) atoms. The summed E-state index contributed by atoms with van der Waals surface area (Å²) in [5, 5.41) is 0. The molecule has 2 nitrogen and oxygen atoms in total. The largest absolute Gasteiger partial charge is 0.381 e. The number of hydrogen-bond donors (Lipinski definition) is 0. The van der Waals surface area contributed by atoms with Gasteiger partial charge in [0.2, 0.25) is 0 Å². The van der Waals surface area contributed by atoms with Crippen LogP contribution >= 0.6 is 0 Å². The lowest BCUT2D eigenvalue weighted by Crippen LogP contribution is -2.58. The quantitative estimate of drug-likeness (QED) is 0.375. The maximum atomic E-state index is 12.9.